The van der Waals surface area contributed by atoms with E-state index in [0.717, 1.165) is 69.3 Å². The highest BCUT2D eigenvalue weighted by Crippen LogP contribution is 2.42. The molecule has 74 heavy (non-hydrogen) atoms. The second kappa shape index (κ2) is 22.3. The molecule has 3 fully saturated rings. The molecule has 1 saturated carbocycles. The predicted octanol–water partition coefficient (Wildman–Crippen LogP) is 10.1. The third-order valence-electron chi connectivity index (χ3n) is 14.0. The molecule has 6 aromatic rings. The van der Waals surface area contributed by atoms with Crippen molar-refractivity contribution < 1.29 is 39.9 Å². The van der Waals surface area contributed by atoms with Gasteiger partial charge in [-0.15, -0.1) is 11.8 Å². The average molecular weight is 1090 g/mol. The Balaban J connectivity index is 0.889. The molecule has 2 saturated heterocycles. The van der Waals surface area contributed by atoms with E-state index < -0.39 is 41.2 Å². The second-order valence-electron chi connectivity index (χ2n) is 19.1. The van der Waals surface area contributed by atoms with Crippen LogP contribution in [0.4, 0.5) is 35.9 Å². The van der Waals surface area contributed by atoms with Crippen LogP contribution in [-0.4, -0.2) is 113 Å². The summed E-state index contributed by atoms with van der Waals surface area (Å²) in [5.74, 6) is 0.278. The zero-order chi connectivity index (χ0) is 52.4. The van der Waals surface area contributed by atoms with Crippen molar-refractivity contribution in [1.29, 1.82) is 0 Å². The van der Waals surface area contributed by atoms with E-state index in [4.69, 9.17) is 11.6 Å². The summed E-state index contributed by atoms with van der Waals surface area (Å²) >= 11 is 7.74. The van der Waals surface area contributed by atoms with E-state index >= 15 is 0 Å². The van der Waals surface area contributed by atoms with Crippen LogP contribution in [0.3, 0.4) is 0 Å². The molecule has 392 valence electrons. The summed E-state index contributed by atoms with van der Waals surface area (Å²) in [5, 5.41) is 16.8. The first kappa shape index (κ1) is 53.1. The lowest BCUT2D eigenvalue weighted by Gasteiger charge is -2.37. The van der Waals surface area contributed by atoms with Gasteiger partial charge in [-0.25, -0.2) is 16.8 Å². The Labute approximate surface area is 440 Å². The summed E-state index contributed by atoms with van der Waals surface area (Å²) in [6.45, 7) is 6.41. The van der Waals surface area contributed by atoms with Crippen LogP contribution in [-0.2, 0) is 26.9 Å². The Hall–Kier alpha value is -5.70. The third kappa shape index (κ3) is 12.2. The van der Waals surface area contributed by atoms with Gasteiger partial charge in [0.1, 0.15) is 4.90 Å². The summed E-state index contributed by atoms with van der Waals surface area (Å²) in [6.07, 6.45) is 3.19. The van der Waals surface area contributed by atoms with Crippen LogP contribution in [0.5, 0.6) is 0 Å². The van der Waals surface area contributed by atoms with Crippen molar-refractivity contribution in [3.63, 3.8) is 0 Å². The first-order valence-corrected chi connectivity index (χ1v) is 29.0. The summed E-state index contributed by atoms with van der Waals surface area (Å²) in [7, 11) is -8.63. The lowest BCUT2D eigenvalue weighted by molar-refractivity contribution is -0.0435. The van der Waals surface area contributed by atoms with Gasteiger partial charge in [-0.2, -0.15) is 13.2 Å². The van der Waals surface area contributed by atoms with E-state index in [1.165, 1.54) is 11.8 Å². The molecule has 3 heterocycles. The monoisotopic (exact) mass is 1090 g/mol. The van der Waals surface area contributed by atoms with Gasteiger partial charge in [-0.3, -0.25) is 9.52 Å². The number of aromatic nitrogens is 1. The van der Waals surface area contributed by atoms with Gasteiger partial charge < -0.3 is 35.0 Å². The fourth-order valence-corrected chi connectivity index (χ4v) is 12.8. The zero-order valence-electron chi connectivity index (χ0n) is 41.0. The number of benzene rings is 5. The SMILES string of the molecule is Cc1c(C(=O)NC2CC2)c(-c2cccc(N3CCN(c4ccc(NS(=O)(=O)c5ccc(NC(CCN6CCC(O)CC6)CSc6ccccc6)c(S(=O)(=O)C(F)(F)F)c5)cc4)CC3)c2)c(-c2ccc(Cl)cc2)n1C. The maximum atomic E-state index is 14.3. The molecule has 1 atom stereocenters. The lowest BCUT2D eigenvalue weighted by atomic mass is 9.95. The van der Waals surface area contributed by atoms with E-state index in [1.807, 2.05) is 80.7 Å². The Bertz CT molecular complexity index is 3180. The molecular formula is C54H59ClF3N7O6S3. The van der Waals surface area contributed by atoms with Crippen LogP contribution < -0.4 is 25.2 Å². The number of aliphatic hydroxyl groups excluding tert-OH is 1. The van der Waals surface area contributed by atoms with Gasteiger partial charge in [0, 0.05) is 109 Å². The van der Waals surface area contributed by atoms with Crippen molar-refractivity contribution in [3.8, 4) is 22.4 Å². The number of carbonyl (C=O) groups excluding carboxylic acids is 1. The van der Waals surface area contributed by atoms with Gasteiger partial charge >= 0.3 is 5.51 Å². The first-order chi connectivity index (χ1) is 35.3. The lowest BCUT2D eigenvalue weighted by Crippen LogP contribution is -2.46. The average Bonchev–Trinajstić information content (AvgIpc) is 4.18. The molecule has 5 aromatic carbocycles. The number of carbonyl (C=O) groups is 1. The highest BCUT2D eigenvalue weighted by Gasteiger charge is 2.48. The van der Waals surface area contributed by atoms with Crippen molar-refractivity contribution >= 4 is 71.9 Å². The molecule has 0 radical (unpaired) electrons. The molecule has 13 nitrogen and oxygen atoms in total. The first-order valence-electron chi connectivity index (χ1n) is 24.6. The molecule has 20 heteroatoms. The smallest absolute Gasteiger partial charge is 0.393 e. The highest BCUT2D eigenvalue weighted by molar-refractivity contribution is 7.99. The number of amides is 1. The van der Waals surface area contributed by atoms with Gasteiger partial charge in [-0.1, -0.05) is 54.1 Å². The Morgan fingerprint density at radius 1 is 0.784 bits per heavy atom. The van der Waals surface area contributed by atoms with Gasteiger partial charge in [0.2, 0.25) is 0 Å². The summed E-state index contributed by atoms with van der Waals surface area (Å²) in [6, 6.07) is 34.3. The summed E-state index contributed by atoms with van der Waals surface area (Å²) in [4.78, 5) is 19.5. The Morgan fingerprint density at radius 2 is 1.45 bits per heavy atom. The van der Waals surface area contributed by atoms with E-state index in [1.54, 1.807) is 24.3 Å². The van der Waals surface area contributed by atoms with Crippen LogP contribution >= 0.6 is 23.4 Å². The predicted molar refractivity (Wildman–Crippen MR) is 289 cm³/mol. The fourth-order valence-electron chi connectivity index (χ4n) is 9.58. The van der Waals surface area contributed by atoms with Crippen molar-refractivity contribution in [2.75, 3.05) is 71.4 Å². The molecule has 1 unspecified atom stereocenters. The normalized spacial score (nSPS) is 16.5. The number of anilines is 4. The molecule has 1 amide bonds. The molecule has 0 bridgehead atoms. The third-order valence-corrected chi connectivity index (χ3v) is 18.3. The van der Waals surface area contributed by atoms with Crippen molar-refractivity contribution in [3.05, 3.63) is 138 Å². The quantitative estimate of drug-likeness (QED) is 0.0608. The number of hydrogen-bond acceptors (Lipinski definition) is 11. The number of likely N-dealkylation sites (tertiary alicyclic amines) is 1. The second-order valence-corrected chi connectivity index (χ2v) is 24.2. The number of hydrogen-bond donors (Lipinski definition) is 4. The molecule has 1 aliphatic carbocycles. The molecule has 2 aliphatic heterocycles. The molecule has 4 N–H and O–H groups in total. The van der Waals surface area contributed by atoms with Gasteiger partial charge in [-0.05, 0) is 129 Å². The molecule has 3 aliphatic rings. The van der Waals surface area contributed by atoms with Crippen molar-refractivity contribution in [2.24, 2.45) is 7.05 Å². The number of nitrogens with one attached hydrogen (secondary N) is 3. The summed E-state index contributed by atoms with van der Waals surface area (Å²) in [5.41, 5.74) is 0.994. The molecule has 9 rings (SSSR count). The number of alkyl halides is 3. The van der Waals surface area contributed by atoms with Crippen LogP contribution in [0, 0.1) is 6.92 Å². The van der Waals surface area contributed by atoms with Crippen molar-refractivity contribution in [1.82, 2.24) is 14.8 Å². The maximum Gasteiger partial charge on any atom is 0.501 e. The van der Waals surface area contributed by atoms with Crippen LogP contribution in [0.15, 0.2) is 136 Å². The minimum Gasteiger partial charge on any atom is -0.393 e. The van der Waals surface area contributed by atoms with Crippen LogP contribution in [0.1, 0.15) is 48.2 Å². The number of sulfonamides is 1. The van der Waals surface area contributed by atoms with Crippen LogP contribution in [0.25, 0.3) is 22.4 Å². The number of halogens is 4. The largest absolute Gasteiger partial charge is 0.501 e. The van der Waals surface area contributed by atoms with Gasteiger partial charge in [0.25, 0.3) is 25.8 Å². The summed E-state index contributed by atoms with van der Waals surface area (Å²) < 4.78 is 101. The number of aliphatic hydroxyl groups is 1. The Morgan fingerprint density at radius 3 is 2.09 bits per heavy atom. The number of sulfone groups is 1. The molecular weight excluding hydrogens is 1030 g/mol. The van der Waals surface area contributed by atoms with Crippen LogP contribution in [0.2, 0.25) is 5.02 Å². The molecule has 0 spiro atoms. The minimum atomic E-state index is -6.02. The zero-order valence-corrected chi connectivity index (χ0v) is 44.2. The number of nitrogens with zero attached hydrogens (tertiary/aromatic N) is 4. The standard InChI is InChI=1S/C54H59ClF3N7O6S3/c1-36-50(53(67)60-40-15-16-40)51(52(62(36)2)37-11-13-39(55)14-12-37)38-7-6-8-44(33-38)65-31-29-64(30-32-65)43-19-17-41(18-20-43)61-74(70,71)47-21-22-48(49(34-47)73(68,69)54(56,57)58)59-42(35-72-46-9-4-3-5-10-46)23-26-63-27-24-45(66)25-28-63/h3-14,17-22,33-34,40,42,45,59,61,66H,15-16,23-32,35H2,1-2H3,(H,60,67). The van der Waals surface area contributed by atoms with E-state index in [9.17, 15) is 39.9 Å². The number of piperidine rings is 1. The van der Waals surface area contributed by atoms with Gasteiger partial charge in [0.15, 0.2) is 0 Å². The van der Waals surface area contributed by atoms with E-state index in [-0.39, 0.29) is 29.4 Å². The number of rotatable bonds is 18. The molecule has 1 aromatic heterocycles. The highest BCUT2D eigenvalue weighted by atomic mass is 35.5. The maximum absolute atomic E-state index is 14.3. The Kier molecular flexibility index (Phi) is 16.0. The number of piperazine rings is 1. The topological polar surface area (TPSA) is 156 Å². The van der Waals surface area contributed by atoms with Gasteiger partial charge in [0.05, 0.1) is 27.9 Å². The fraction of sp³-hybridized carbons (Fsp3) is 0.352. The minimum absolute atomic E-state index is 0.0950. The van der Waals surface area contributed by atoms with Crippen molar-refractivity contribution in [2.45, 2.75) is 77.4 Å². The van der Waals surface area contributed by atoms with E-state index in [2.05, 4.69) is 46.8 Å². The van der Waals surface area contributed by atoms with E-state index in [0.29, 0.717) is 87.5 Å². The number of thioether (sulfide) groups is 1.